The summed E-state index contributed by atoms with van der Waals surface area (Å²) in [5.41, 5.74) is 0.569. The molecule has 0 spiro atoms. The van der Waals surface area contributed by atoms with Gasteiger partial charge in [0.2, 0.25) is 12.5 Å². The second-order valence-corrected chi connectivity index (χ2v) is 7.91. The highest BCUT2D eigenvalue weighted by atomic mass is 16.7. The molecule has 10 nitrogen and oxygen atoms in total. The monoisotopic (exact) mass is 462 g/mol. The number of amides is 1. The first-order chi connectivity index (χ1) is 16.5. The molecule has 172 valence electrons. The van der Waals surface area contributed by atoms with Crippen molar-refractivity contribution in [3.05, 3.63) is 69.8 Å². The first-order valence-corrected chi connectivity index (χ1v) is 10.5. The van der Waals surface area contributed by atoms with Crippen LogP contribution in [0.2, 0.25) is 0 Å². The third-order valence-corrected chi connectivity index (χ3v) is 5.83. The number of aryl methyl sites for hydroxylation is 1. The van der Waals surface area contributed by atoms with Gasteiger partial charge in [-0.3, -0.25) is 4.79 Å². The van der Waals surface area contributed by atoms with Crippen molar-refractivity contribution in [2.45, 2.75) is 18.9 Å². The van der Waals surface area contributed by atoms with Crippen LogP contribution in [0.4, 0.5) is 5.82 Å². The molecular formula is C24H18N2O8. The van der Waals surface area contributed by atoms with Gasteiger partial charge in [-0.1, -0.05) is 17.3 Å². The Kier molecular flexibility index (Phi) is 4.47. The fourth-order valence-electron chi connectivity index (χ4n) is 4.38. The standard InChI is InChI=1S/C24H18N2O8/c1-11-7-17(26-34-11)25-23(27)22-18(12-8-15(29-2)21-16(9-12)30-10-31-21)19-20(33-22)13-5-3-4-6-14(13)32-24(19)28/h3-9,18,22H,10H2,1-2H3,(H,25,26,27). The van der Waals surface area contributed by atoms with E-state index in [9.17, 15) is 9.59 Å². The topological polar surface area (TPSA) is 122 Å². The Bertz CT molecular complexity index is 1500. The number of para-hydroxylation sites is 1. The van der Waals surface area contributed by atoms with Crippen LogP contribution in [0, 0.1) is 6.92 Å². The van der Waals surface area contributed by atoms with Crippen molar-refractivity contribution >= 4 is 22.7 Å². The zero-order valence-corrected chi connectivity index (χ0v) is 18.1. The number of aromatic nitrogens is 1. The summed E-state index contributed by atoms with van der Waals surface area (Å²) >= 11 is 0. The van der Waals surface area contributed by atoms with Crippen LogP contribution in [0.15, 0.2) is 56.2 Å². The normalized spacial score (nSPS) is 17.9. The molecule has 2 aliphatic rings. The van der Waals surface area contributed by atoms with Crippen molar-refractivity contribution in [1.29, 1.82) is 0 Å². The highest BCUT2D eigenvalue weighted by Crippen LogP contribution is 2.49. The number of hydrogen-bond acceptors (Lipinski definition) is 9. The minimum Gasteiger partial charge on any atom is -0.493 e. The molecule has 0 saturated heterocycles. The van der Waals surface area contributed by atoms with E-state index in [0.717, 1.165) is 0 Å². The number of rotatable bonds is 4. The Hall–Kier alpha value is -4.47. The van der Waals surface area contributed by atoms with Crippen molar-refractivity contribution in [1.82, 2.24) is 5.16 Å². The summed E-state index contributed by atoms with van der Waals surface area (Å²) in [6.07, 6.45) is -1.11. The zero-order valence-electron chi connectivity index (χ0n) is 18.1. The Labute approximate surface area is 192 Å². The summed E-state index contributed by atoms with van der Waals surface area (Å²) in [4.78, 5) is 26.5. The fraction of sp³-hybridized carbons (Fsp3) is 0.208. The molecule has 10 heteroatoms. The summed E-state index contributed by atoms with van der Waals surface area (Å²) in [5.74, 6) is 1.06. The number of methoxy groups -OCH3 is 1. The number of carbonyl (C=O) groups is 1. The average Bonchev–Trinajstić information content (AvgIpc) is 3.56. The zero-order chi connectivity index (χ0) is 23.4. The van der Waals surface area contributed by atoms with E-state index in [-0.39, 0.29) is 18.2 Å². The molecule has 2 atom stereocenters. The van der Waals surface area contributed by atoms with Crippen molar-refractivity contribution in [2.24, 2.45) is 0 Å². The lowest BCUT2D eigenvalue weighted by atomic mass is 9.87. The second kappa shape index (κ2) is 7.55. The minimum absolute atomic E-state index is 0.0368. The van der Waals surface area contributed by atoms with Crippen molar-refractivity contribution < 1.29 is 32.7 Å². The molecule has 0 aliphatic carbocycles. The largest absolute Gasteiger partial charge is 0.493 e. The number of nitrogens with zero attached hydrogens (tertiary/aromatic N) is 1. The minimum atomic E-state index is -1.11. The smallest absolute Gasteiger partial charge is 0.344 e. The number of fused-ring (bicyclic) bond motifs is 4. The van der Waals surface area contributed by atoms with Gasteiger partial charge in [0.05, 0.1) is 24.0 Å². The van der Waals surface area contributed by atoms with E-state index in [1.54, 1.807) is 49.4 Å². The lowest BCUT2D eigenvalue weighted by Gasteiger charge is -2.19. The highest BCUT2D eigenvalue weighted by Gasteiger charge is 2.45. The van der Waals surface area contributed by atoms with E-state index in [1.165, 1.54) is 7.11 Å². The van der Waals surface area contributed by atoms with Crippen molar-refractivity contribution in [3.63, 3.8) is 0 Å². The Morgan fingerprint density at radius 3 is 2.79 bits per heavy atom. The van der Waals surface area contributed by atoms with Gasteiger partial charge in [0.15, 0.2) is 23.4 Å². The van der Waals surface area contributed by atoms with Gasteiger partial charge in [-0.2, -0.15) is 0 Å². The molecule has 2 aliphatic heterocycles. The number of hydrogen-bond donors (Lipinski definition) is 1. The van der Waals surface area contributed by atoms with Crippen LogP contribution in [0.1, 0.15) is 22.8 Å². The Balaban J connectivity index is 1.52. The van der Waals surface area contributed by atoms with E-state index >= 15 is 0 Å². The summed E-state index contributed by atoms with van der Waals surface area (Å²) in [6, 6.07) is 12.0. The van der Waals surface area contributed by atoms with E-state index in [1.807, 2.05) is 0 Å². The van der Waals surface area contributed by atoms with Crippen molar-refractivity contribution in [3.8, 4) is 23.0 Å². The maximum atomic E-state index is 13.4. The lowest BCUT2D eigenvalue weighted by Crippen LogP contribution is -2.35. The highest BCUT2D eigenvalue weighted by molar-refractivity contribution is 5.97. The quantitative estimate of drug-likeness (QED) is 0.455. The summed E-state index contributed by atoms with van der Waals surface area (Å²) in [7, 11) is 1.50. The van der Waals surface area contributed by atoms with Crippen LogP contribution in [0.25, 0.3) is 11.0 Å². The third kappa shape index (κ3) is 3.06. The number of carbonyl (C=O) groups excluding carboxylic acids is 1. The van der Waals surface area contributed by atoms with Gasteiger partial charge >= 0.3 is 5.63 Å². The number of ether oxygens (including phenoxy) is 4. The van der Waals surface area contributed by atoms with Crippen LogP contribution in [-0.4, -0.2) is 31.1 Å². The van der Waals surface area contributed by atoms with Gasteiger partial charge in [-0.25, -0.2) is 4.79 Å². The molecule has 34 heavy (non-hydrogen) atoms. The number of nitrogens with one attached hydrogen (secondary N) is 1. The number of benzene rings is 2. The molecule has 0 radical (unpaired) electrons. The summed E-state index contributed by atoms with van der Waals surface area (Å²) in [6.45, 7) is 1.75. The van der Waals surface area contributed by atoms with E-state index in [2.05, 4.69) is 10.5 Å². The first kappa shape index (κ1) is 20.2. The Morgan fingerprint density at radius 2 is 2.00 bits per heavy atom. The number of anilines is 1. The lowest BCUT2D eigenvalue weighted by molar-refractivity contribution is -0.122. The fourth-order valence-corrected chi connectivity index (χ4v) is 4.38. The molecule has 1 N–H and O–H groups in total. The van der Waals surface area contributed by atoms with E-state index in [4.69, 9.17) is 27.9 Å². The molecule has 4 aromatic rings. The maximum absolute atomic E-state index is 13.4. The second-order valence-electron chi connectivity index (χ2n) is 7.91. The van der Waals surface area contributed by atoms with Crippen molar-refractivity contribution in [2.75, 3.05) is 19.2 Å². The van der Waals surface area contributed by atoms with Gasteiger partial charge < -0.3 is 33.2 Å². The molecule has 2 aromatic heterocycles. The van der Waals surface area contributed by atoms with Gasteiger partial charge in [0.1, 0.15) is 17.1 Å². The third-order valence-electron chi connectivity index (χ3n) is 5.83. The van der Waals surface area contributed by atoms with E-state index < -0.39 is 23.6 Å². The summed E-state index contributed by atoms with van der Waals surface area (Å²) < 4.78 is 33.3. The average molecular weight is 462 g/mol. The molecule has 0 fully saturated rings. The maximum Gasteiger partial charge on any atom is 0.344 e. The van der Waals surface area contributed by atoms with Gasteiger partial charge in [0, 0.05) is 6.07 Å². The SMILES string of the molecule is COc1cc(C2c3c(c4ccccc4oc3=O)OC2C(=O)Nc2cc(C)on2)cc2c1OCO2. The molecule has 0 bridgehead atoms. The molecule has 6 rings (SSSR count). The van der Waals surface area contributed by atoms with Gasteiger partial charge in [-0.15, -0.1) is 0 Å². The van der Waals surface area contributed by atoms with Crippen LogP contribution < -0.4 is 29.9 Å². The first-order valence-electron chi connectivity index (χ1n) is 10.5. The molecule has 0 saturated carbocycles. The summed E-state index contributed by atoms with van der Waals surface area (Å²) in [5, 5.41) is 7.10. The molecule has 4 heterocycles. The molecule has 2 unspecified atom stereocenters. The predicted octanol–water partition coefficient (Wildman–Crippen LogP) is 3.36. The van der Waals surface area contributed by atoms with Gasteiger partial charge in [0.25, 0.3) is 5.91 Å². The molecular weight excluding hydrogens is 444 g/mol. The molecule has 1 amide bonds. The van der Waals surface area contributed by atoms with Crippen LogP contribution in [0.5, 0.6) is 23.0 Å². The predicted molar refractivity (Wildman–Crippen MR) is 118 cm³/mol. The van der Waals surface area contributed by atoms with Crippen LogP contribution in [-0.2, 0) is 4.79 Å². The van der Waals surface area contributed by atoms with Crippen LogP contribution in [0.3, 0.4) is 0 Å². The Morgan fingerprint density at radius 1 is 1.15 bits per heavy atom. The van der Waals surface area contributed by atoms with E-state index in [0.29, 0.717) is 45.3 Å². The molecule has 2 aromatic carbocycles. The van der Waals surface area contributed by atoms with Gasteiger partial charge in [-0.05, 0) is 36.8 Å². The van der Waals surface area contributed by atoms with Crippen LogP contribution >= 0.6 is 0 Å².